The molecule has 1 saturated carbocycles. The van der Waals surface area contributed by atoms with Gasteiger partial charge in [0.25, 0.3) is 0 Å². The Morgan fingerprint density at radius 1 is 1.57 bits per heavy atom. The molecule has 2 heterocycles. The second kappa shape index (κ2) is 5.39. The molecule has 5 nitrogen and oxygen atoms in total. The molecule has 2 aliphatic rings. The van der Waals surface area contributed by atoms with E-state index >= 15 is 0 Å². The third-order valence-electron chi connectivity index (χ3n) is 4.85. The van der Waals surface area contributed by atoms with E-state index in [0.717, 1.165) is 18.7 Å². The molecular formula is C16H23N3O2. The second-order valence-corrected chi connectivity index (χ2v) is 6.72. The summed E-state index contributed by atoms with van der Waals surface area (Å²) < 4.78 is 5.81. The van der Waals surface area contributed by atoms with Crippen molar-refractivity contribution < 1.29 is 9.53 Å². The molecule has 21 heavy (non-hydrogen) atoms. The van der Waals surface area contributed by atoms with E-state index in [1.54, 1.807) is 12.4 Å². The Bertz CT molecular complexity index is 518. The third-order valence-corrected chi connectivity index (χ3v) is 4.85. The van der Waals surface area contributed by atoms with Gasteiger partial charge in [0, 0.05) is 30.2 Å². The highest BCUT2D eigenvalue weighted by atomic mass is 16.5. The van der Waals surface area contributed by atoms with Gasteiger partial charge in [-0.1, -0.05) is 13.8 Å². The summed E-state index contributed by atoms with van der Waals surface area (Å²) in [4.78, 5) is 18.3. The van der Waals surface area contributed by atoms with Crippen LogP contribution in [0.5, 0.6) is 0 Å². The number of likely N-dealkylation sites (N-methyl/N-ethyl adjacent to an activating group) is 1. The molecule has 5 heteroatoms. The second-order valence-electron chi connectivity index (χ2n) is 6.72. The fraction of sp³-hybridized carbons (Fsp3) is 0.625. The third kappa shape index (κ3) is 2.56. The molecule has 1 aliphatic heterocycles. The zero-order valence-corrected chi connectivity index (χ0v) is 12.9. The van der Waals surface area contributed by atoms with Crippen LogP contribution in [-0.4, -0.2) is 48.1 Å². The van der Waals surface area contributed by atoms with Gasteiger partial charge in [-0.3, -0.25) is 14.7 Å². The number of carbonyl (C=O) groups excluding carboxylic acids is 1. The van der Waals surface area contributed by atoms with Crippen molar-refractivity contribution >= 4 is 11.6 Å². The highest BCUT2D eigenvalue weighted by Gasteiger charge is 2.60. The maximum atomic E-state index is 12.2. The number of rotatable bonds is 4. The van der Waals surface area contributed by atoms with Crippen LogP contribution in [0.2, 0.25) is 0 Å². The van der Waals surface area contributed by atoms with Gasteiger partial charge in [-0.25, -0.2) is 0 Å². The number of amides is 1. The van der Waals surface area contributed by atoms with Crippen LogP contribution in [0.25, 0.3) is 0 Å². The average Bonchev–Trinajstić information content (AvgIpc) is 2.85. The first kappa shape index (κ1) is 14.5. The molecule has 0 spiro atoms. The van der Waals surface area contributed by atoms with Gasteiger partial charge in [0.15, 0.2) is 0 Å². The standard InChI is InChI=1S/C16H23N3O2/c1-16(2)14(12-6-8-21-15(12)16)19(3)10-13(20)18-11-5-4-7-17-9-11/h4-5,7,9,12,14-15H,6,8,10H2,1-3H3,(H,18,20)/t12-,14+,15+/m0/s1. The normalized spacial score (nSPS) is 29.8. The molecule has 0 aromatic carbocycles. The number of nitrogens with zero attached hydrogens (tertiary/aromatic N) is 2. The number of ether oxygens (including phenoxy) is 1. The lowest BCUT2D eigenvalue weighted by Crippen LogP contribution is -2.66. The molecule has 0 radical (unpaired) electrons. The monoisotopic (exact) mass is 289 g/mol. The van der Waals surface area contributed by atoms with Crippen LogP contribution in [0.3, 0.4) is 0 Å². The van der Waals surface area contributed by atoms with E-state index in [-0.39, 0.29) is 11.3 Å². The van der Waals surface area contributed by atoms with Gasteiger partial charge in [-0.2, -0.15) is 0 Å². The van der Waals surface area contributed by atoms with Gasteiger partial charge in [0.1, 0.15) is 0 Å². The van der Waals surface area contributed by atoms with Crippen molar-refractivity contribution in [2.45, 2.75) is 32.4 Å². The molecule has 114 valence electrons. The van der Waals surface area contributed by atoms with Gasteiger partial charge in [-0.05, 0) is 25.6 Å². The fourth-order valence-corrected chi connectivity index (χ4v) is 4.15. The van der Waals surface area contributed by atoms with E-state index in [4.69, 9.17) is 4.74 Å². The number of hydrogen-bond donors (Lipinski definition) is 1. The first-order valence-electron chi connectivity index (χ1n) is 7.52. The summed E-state index contributed by atoms with van der Waals surface area (Å²) in [5.41, 5.74) is 0.857. The number of nitrogens with one attached hydrogen (secondary N) is 1. The summed E-state index contributed by atoms with van der Waals surface area (Å²) in [5.74, 6) is 0.569. The summed E-state index contributed by atoms with van der Waals surface area (Å²) in [7, 11) is 2.03. The summed E-state index contributed by atoms with van der Waals surface area (Å²) >= 11 is 0. The maximum Gasteiger partial charge on any atom is 0.238 e. The van der Waals surface area contributed by atoms with Crippen molar-refractivity contribution in [3.8, 4) is 0 Å². The topological polar surface area (TPSA) is 54.5 Å². The van der Waals surface area contributed by atoms with Gasteiger partial charge >= 0.3 is 0 Å². The molecule has 1 N–H and O–H groups in total. The highest BCUT2D eigenvalue weighted by molar-refractivity contribution is 5.92. The molecule has 1 aromatic heterocycles. The zero-order valence-electron chi connectivity index (χ0n) is 12.9. The number of hydrogen-bond acceptors (Lipinski definition) is 4. The van der Waals surface area contributed by atoms with Crippen molar-refractivity contribution in [2.24, 2.45) is 11.3 Å². The van der Waals surface area contributed by atoms with Crippen LogP contribution in [0.1, 0.15) is 20.3 Å². The van der Waals surface area contributed by atoms with E-state index in [1.807, 2.05) is 19.2 Å². The molecule has 2 fully saturated rings. The molecule has 3 atom stereocenters. The first-order valence-corrected chi connectivity index (χ1v) is 7.52. The Labute approximate surface area is 125 Å². The molecule has 3 rings (SSSR count). The van der Waals surface area contributed by atoms with E-state index in [1.165, 1.54) is 0 Å². The van der Waals surface area contributed by atoms with E-state index in [9.17, 15) is 4.79 Å². The minimum Gasteiger partial charge on any atom is -0.377 e. The lowest BCUT2D eigenvalue weighted by Gasteiger charge is -2.57. The Morgan fingerprint density at radius 3 is 3.10 bits per heavy atom. The van der Waals surface area contributed by atoms with Crippen LogP contribution in [0, 0.1) is 11.3 Å². The van der Waals surface area contributed by atoms with Gasteiger partial charge in [0.05, 0.1) is 24.5 Å². The quantitative estimate of drug-likeness (QED) is 0.918. The summed E-state index contributed by atoms with van der Waals surface area (Å²) in [6, 6.07) is 4.07. The largest absolute Gasteiger partial charge is 0.377 e. The smallest absolute Gasteiger partial charge is 0.238 e. The molecule has 1 aliphatic carbocycles. The summed E-state index contributed by atoms with van der Waals surface area (Å²) in [5, 5.41) is 2.89. The number of carbonyl (C=O) groups is 1. The number of pyridine rings is 1. The molecule has 0 unspecified atom stereocenters. The minimum absolute atomic E-state index is 0.00339. The zero-order chi connectivity index (χ0) is 15.0. The van der Waals surface area contributed by atoms with Crippen molar-refractivity contribution in [1.29, 1.82) is 0 Å². The Kier molecular flexibility index (Phi) is 3.71. The van der Waals surface area contributed by atoms with E-state index < -0.39 is 0 Å². The molecular weight excluding hydrogens is 266 g/mol. The van der Waals surface area contributed by atoms with Crippen molar-refractivity contribution in [3.05, 3.63) is 24.5 Å². The Balaban J connectivity index is 1.59. The fourth-order valence-electron chi connectivity index (χ4n) is 4.15. The molecule has 1 aromatic rings. The van der Waals surface area contributed by atoms with E-state index in [2.05, 4.69) is 29.0 Å². The predicted molar refractivity (Wildman–Crippen MR) is 80.9 cm³/mol. The SMILES string of the molecule is CN(CC(=O)Nc1cccnc1)[C@@H]1[C@@H]2CCO[C@H]2C1(C)C. The first-order chi connectivity index (χ1) is 10.00. The van der Waals surface area contributed by atoms with Crippen molar-refractivity contribution in [2.75, 3.05) is 25.5 Å². The number of anilines is 1. The summed E-state index contributed by atoms with van der Waals surface area (Å²) in [6.45, 7) is 5.72. The number of fused-ring (bicyclic) bond motifs is 1. The summed E-state index contributed by atoms with van der Waals surface area (Å²) in [6.07, 6.45) is 4.81. The van der Waals surface area contributed by atoms with Crippen LogP contribution < -0.4 is 5.32 Å². The van der Waals surface area contributed by atoms with Gasteiger partial charge in [-0.15, -0.1) is 0 Å². The average molecular weight is 289 g/mol. The van der Waals surface area contributed by atoms with Crippen LogP contribution in [0.4, 0.5) is 5.69 Å². The lowest BCUT2D eigenvalue weighted by molar-refractivity contribution is -0.152. The predicted octanol–water partition coefficient (Wildman–Crippen LogP) is 1.77. The molecule has 0 bridgehead atoms. The Hall–Kier alpha value is -1.46. The highest BCUT2D eigenvalue weighted by Crippen LogP contribution is 2.54. The van der Waals surface area contributed by atoms with Gasteiger partial charge < -0.3 is 10.1 Å². The van der Waals surface area contributed by atoms with Crippen molar-refractivity contribution in [1.82, 2.24) is 9.88 Å². The van der Waals surface area contributed by atoms with E-state index in [0.29, 0.717) is 24.6 Å². The van der Waals surface area contributed by atoms with Crippen LogP contribution in [-0.2, 0) is 9.53 Å². The Morgan fingerprint density at radius 2 is 2.38 bits per heavy atom. The number of aromatic nitrogens is 1. The van der Waals surface area contributed by atoms with Crippen LogP contribution in [0.15, 0.2) is 24.5 Å². The molecule has 1 saturated heterocycles. The minimum atomic E-state index is 0.00339. The van der Waals surface area contributed by atoms with Crippen molar-refractivity contribution in [3.63, 3.8) is 0 Å². The van der Waals surface area contributed by atoms with Gasteiger partial charge in [0.2, 0.25) is 5.91 Å². The maximum absolute atomic E-state index is 12.2. The lowest BCUT2D eigenvalue weighted by atomic mass is 9.57. The van der Waals surface area contributed by atoms with Crippen LogP contribution >= 0.6 is 0 Å². The molecule has 1 amide bonds.